The molecule has 1 aliphatic heterocycles. The fourth-order valence-electron chi connectivity index (χ4n) is 2.56. The van der Waals surface area contributed by atoms with Crippen LogP contribution in [0.3, 0.4) is 0 Å². The Balaban J connectivity index is 2.19. The van der Waals surface area contributed by atoms with Crippen LogP contribution >= 0.6 is 7.28 Å². The zero-order chi connectivity index (χ0) is 13.6. The van der Waals surface area contributed by atoms with Crippen molar-refractivity contribution < 1.29 is 13.9 Å². The van der Waals surface area contributed by atoms with E-state index in [0.717, 1.165) is 0 Å². The maximum atomic E-state index is 11.3. The van der Waals surface area contributed by atoms with E-state index in [1.165, 1.54) is 0 Å². The molecule has 0 radical (unpaired) electrons. The van der Waals surface area contributed by atoms with Crippen LogP contribution < -0.4 is 10.6 Å². The molecule has 1 aliphatic rings. The van der Waals surface area contributed by atoms with Gasteiger partial charge in [0, 0.05) is 0 Å². The summed E-state index contributed by atoms with van der Waals surface area (Å²) in [5.41, 5.74) is 0. The summed E-state index contributed by atoms with van der Waals surface area (Å²) in [7, 11) is -3.92. The van der Waals surface area contributed by atoms with E-state index in [4.69, 9.17) is 9.05 Å². The van der Waals surface area contributed by atoms with Crippen LogP contribution in [-0.2, 0) is 9.05 Å². The summed E-state index contributed by atoms with van der Waals surface area (Å²) in [6.07, 6.45) is 0. The number of hydrogen-bond acceptors (Lipinski definition) is 3. The monoisotopic (exact) mass is 276 g/mol. The molecule has 0 bridgehead atoms. The Morgan fingerprint density at radius 1 is 0.789 bits per heavy atom. The molecule has 0 spiro atoms. The van der Waals surface area contributed by atoms with Gasteiger partial charge in [0.2, 0.25) is 0 Å². The zero-order valence-corrected chi connectivity index (χ0v) is 11.9. The molecule has 2 aromatic rings. The summed E-state index contributed by atoms with van der Waals surface area (Å²) < 4.78 is 11.9. The van der Waals surface area contributed by atoms with Gasteiger partial charge in [-0.25, -0.2) is 0 Å². The number of rotatable bonds is 2. The summed E-state index contributed by atoms with van der Waals surface area (Å²) in [5.74, 6) is -0.766. The van der Waals surface area contributed by atoms with Gasteiger partial charge in [-0.1, -0.05) is 0 Å². The molecule has 3 nitrogen and oxygen atoms in total. The van der Waals surface area contributed by atoms with Gasteiger partial charge in [-0.3, -0.25) is 0 Å². The quantitative estimate of drug-likeness (QED) is 0.857. The van der Waals surface area contributed by atoms with Crippen molar-refractivity contribution in [1.29, 1.82) is 0 Å². The van der Waals surface area contributed by atoms with Gasteiger partial charge in [0.05, 0.1) is 0 Å². The SMILES string of the molecule is CC1(C)OP(O)(c2ccccc2)(c2ccccc2)O1. The van der Waals surface area contributed by atoms with Crippen molar-refractivity contribution >= 4 is 17.9 Å². The van der Waals surface area contributed by atoms with Gasteiger partial charge in [0.15, 0.2) is 0 Å². The van der Waals surface area contributed by atoms with Crippen molar-refractivity contribution in [2.75, 3.05) is 0 Å². The molecule has 0 unspecified atom stereocenters. The third kappa shape index (κ3) is 1.82. The van der Waals surface area contributed by atoms with Crippen molar-refractivity contribution in [2.45, 2.75) is 19.6 Å². The van der Waals surface area contributed by atoms with Crippen LogP contribution in [0.5, 0.6) is 0 Å². The Morgan fingerprint density at radius 3 is 1.47 bits per heavy atom. The molecule has 1 N–H and O–H groups in total. The predicted molar refractivity (Wildman–Crippen MR) is 77.5 cm³/mol. The van der Waals surface area contributed by atoms with Crippen LogP contribution in [0.2, 0.25) is 0 Å². The molecule has 0 amide bonds. The third-order valence-corrected chi connectivity index (χ3v) is 7.18. The van der Waals surface area contributed by atoms with Crippen LogP contribution in [0.15, 0.2) is 60.7 Å². The van der Waals surface area contributed by atoms with Gasteiger partial charge in [-0.15, -0.1) is 0 Å². The molecule has 4 heteroatoms. The first-order valence-electron chi connectivity index (χ1n) is 6.24. The summed E-state index contributed by atoms with van der Waals surface area (Å²) in [5, 5.41) is 1.39. The first kappa shape index (κ1) is 12.8. The van der Waals surface area contributed by atoms with E-state index >= 15 is 0 Å². The molecule has 100 valence electrons. The van der Waals surface area contributed by atoms with Crippen LogP contribution in [0, 0.1) is 0 Å². The van der Waals surface area contributed by atoms with Crippen molar-refractivity contribution in [3.05, 3.63) is 60.7 Å². The normalized spacial score (nSPS) is 24.7. The fourth-order valence-corrected chi connectivity index (χ4v) is 6.33. The molecule has 0 aromatic heterocycles. The summed E-state index contributed by atoms with van der Waals surface area (Å²) >= 11 is 0. The maximum absolute atomic E-state index is 11.3. The van der Waals surface area contributed by atoms with E-state index in [1.807, 2.05) is 60.7 Å². The third-order valence-electron chi connectivity index (χ3n) is 3.20. The predicted octanol–water partition coefficient (Wildman–Crippen LogP) is 2.71. The van der Waals surface area contributed by atoms with E-state index in [0.29, 0.717) is 10.6 Å². The Labute approximate surface area is 113 Å². The Bertz CT molecular complexity index is 544. The molecular weight excluding hydrogens is 259 g/mol. The van der Waals surface area contributed by atoms with Crippen molar-refractivity contribution in [3.63, 3.8) is 0 Å². The standard InChI is InChI=1S/C15H17O3P/c1-15(2)17-19(16,18-15,13-9-5-3-6-10-13)14-11-7-4-8-12-14/h3-12,16H,1-2H3. The van der Waals surface area contributed by atoms with Crippen LogP contribution in [0.4, 0.5) is 0 Å². The topological polar surface area (TPSA) is 38.7 Å². The molecule has 1 saturated heterocycles. The second-order valence-electron chi connectivity index (χ2n) is 5.17. The van der Waals surface area contributed by atoms with Crippen molar-refractivity contribution in [1.82, 2.24) is 0 Å². The van der Waals surface area contributed by atoms with E-state index in [-0.39, 0.29) is 0 Å². The first-order valence-corrected chi connectivity index (χ1v) is 8.27. The summed E-state index contributed by atoms with van der Waals surface area (Å²) in [4.78, 5) is 11.3. The summed E-state index contributed by atoms with van der Waals surface area (Å²) in [6, 6.07) is 18.7. The number of hydrogen-bond donors (Lipinski definition) is 1. The van der Waals surface area contributed by atoms with Crippen LogP contribution in [0.25, 0.3) is 0 Å². The van der Waals surface area contributed by atoms with Crippen molar-refractivity contribution in [2.24, 2.45) is 0 Å². The minimum absolute atomic E-state index is 0.694. The van der Waals surface area contributed by atoms with Crippen molar-refractivity contribution in [3.8, 4) is 0 Å². The van der Waals surface area contributed by atoms with Crippen LogP contribution in [-0.4, -0.2) is 10.7 Å². The van der Waals surface area contributed by atoms with Crippen LogP contribution in [0.1, 0.15) is 13.8 Å². The molecule has 3 rings (SSSR count). The Morgan fingerprint density at radius 2 is 1.16 bits per heavy atom. The van der Waals surface area contributed by atoms with Gasteiger partial charge >= 0.3 is 112 Å². The van der Waals surface area contributed by atoms with E-state index in [1.54, 1.807) is 13.8 Å². The number of benzene rings is 2. The van der Waals surface area contributed by atoms with E-state index < -0.39 is 13.1 Å². The Kier molecular flexibility index (Phi) is 2.60. The zero-order valence-electron chi connectivity index (χ0n) is 11.0. The second-order valence-corrected chi connectivity index (χ2v) is 8.40. The average molecular weight is 276 g/mol. The average Bonchev–Trinajstić information content (AvgIpc) is 2.39. The molecule has 0 atom stereocenters. The first-order chi connectivity index (χ1) is 8.94. The summed E-state index contributed by atoms with van der Waals surface area (Å²) in [6.45, 7) is 3.61. The molecule has 1 fully saturated rings. The molecule has 0 saturated carbocycles. The van der Waals surface area contributed by atoms with E-state index in [9.17, 15) is 4.89 Å². The molecular formula is C15H17O3P. The minimum atomic E-state index is -3.92. The van der Waals surface area contributed by atoms with Gasteiger partial charge in [0.25, 0.3) is 0 Å². The van der Waals surface area contributed by atoms with Gasteiger partial charge in [-0.2, -0.15) is 0 Å². The van der Waals surface area contributed by atoms with Gasteiger partial charge < -0.3 is 0 Å². The molecule has 19 heavy (non-hydrogen) atoms. The molecule has 1 heterocycles. The van der Waals surface area contributed by atoms with E-state index in [2.05, 4.69) is 0 Å². The second kappa shape index (κ2) is 3.87. The van der Waals surface area contributed by atoms with Gasteiger partial charge in [0.1, 0.15) is 0 Å². The molecule has 2 aromatic carbocycles. The Hall–Kier alpha value is -1.25. The molecule has 0 aliphatic carbocycles. The van der Waals surface area contributed by atoms with Gasteiger partial charge in [-0.05, 0) is 0 Å². The fraction of sp³-hybridized carbons (Fsp3) is 0.200.